The number of benzene rings is 1. The second-order valence-electron chi connectivity index (χ2n) is 7.68. The van der Waals surface area contributed by atoms with Crippen molar-refractivity contribution in [3.05, 3.63) is 53.0 Å². The van der Waals surface area contributed by atoms with E-state index in [1.54, 1.807) is 24.6 Å². The van der Waals surface area contributed by atoms with Crippen LogP contribution in [0.25, 0.3) is 28.2 Å². The first kappa shape index (κ1) is 20.7. The number of thiophene rings is 1. The largest absolute Gasteiger partial charge is 0.379 e. The van der Waals surface area contributed by atoms with Crippen molar-refractivity contribution in [2.24, 2.45) is 0 Å². The summed E-state index contributed by atoms with van der Waals surface area (Å²) in [6.45, 7) is 6.64. The predicted molar refractivity (Wildman–Crippen MR) is 126 cm³/mol. The van der Waals surface area contributed by atoms with E-state index in [4.69, 9.17) is 14.7 Å². The Hall–Kier alpha value is -3.14. The Labute approximate surface area is 189 Å². The number of carbonyl (C=O) groups excluding carboxylic acids is 1. The fraction of sp³-hybridized carbons (Fsp3) is 0.304. The maximum atomic E-state index is 11.9. The Morgan fingerprint density at radius 2 is 2.09 bits per heavy atom. The molecule has 164 valence electrons. The van der Waals surface area contributed by atoms with Crippen LogP contribution in [0.5, 0.6) is 0 Å². The molecule has 0 amide bonds. The zero-order chi connectivity index (χ0) is 21.9. The quantitative estimate of drug-likeness (QED) is 0.433. The minimum atomic E-state index is 0.0140. The fourth-order valence-corrected chi connectivity index (χ4v) is 4.40. The van der Waals surface area contributed by atoms with Crippen molar-refractivity contribution in [2.75, 3.05) is 44.7 Å². The van der Waals surface area contributed by atoms with Gasteiger partial charge < -0.3 is 10.1 Å². The van der Waals surface area contributed by atoms with Gasteiger partial charge in [0.2, 0.25) is 0 Å². The Balaban J connectivity index is 1.52. The number of hydrogen-bond acceptors (Lipinski definition) is 8. The van der Waals surface area contributed by atoms with Crippen LogP contribution in [0.4, 0.5) is 5.82 Å². The number of nitrogens with zero attached hydrogens (tertiary/aromatic N) is 5. The topological polar surface area (TPSA) is 85.2 Å². The summed E-state index contributed by atoms with van der Waals surface area (Å²) in [7, 11) is 0. The second kappa shape index (κ2) is 9.15. The van der Waals surface area contributed by atoms with Gasteiger partial charge in [0.15, 0.2) is 28.6 Å². The third kappa shape index (κ3) is 4.27. The molecule has 1 aliphatic heterocycles. The lowest BCUT2D eigenvalue weighted by molar-refractivity contribution is 0.0398. The van der Waals surface area contributed by atoms with Crippen LogP contribution in [0.2, 0.25) is 0 Å². The molecule has 0 radical (unpaired) electrons. The van der Waals surface area contributed by atoms with E-state index in [0.717, 1.165) is 61.8 Å². The highest BCUT2D eigenvalue weighted by Crippen LogP contribution is 2.27. The minimum Gasteiger partial charge on any atom is -0.379 e. The van der Waals surface area contributed by atoms with Gasteiger partial charge in [0.1, 0.15) is 6.33 Å². The van der Waals surface area contributed by atoms with Crippen molar-refractivity contribution in [1.29, 1.82) is 0 Å². The number of hydrogen-bond donors (Lipinski definition) is 1. The summed E-state index contributed by atoms with van der Waals surface area (Å²) >= 11 is 1.63. The number of aromatic nitrogens is 4. The van der Waals surface area contributed by atoms with Gasteiger partial charge in [-0.2, -0.15) is 11.3 Å². The van der Waals surface area contributed by atoms with Crippen LogP contribution in [0.3, 0.4) is 0 Å². The molecule has 1 N–H and O–H groups in total. The molecule has 3 aromatic heterocycles. The van der Waals surface area contributed by atoms with E-state index in [2.05, 4.69) is 20.6 Å². The van der Waals surface area contributed by atoms with E-state index >= 15 is 0 Å². The monoisotopic (exact) mass is 448 g/mol. The third-order valence-electron chi connectivity index (χ3n) is 5.53. The van der Waals surface area contributed by atoms with Gasteiger partial charge in [-0.05, 0) is 24.4 Å². The van der Waals surface area contributed by atoms with Crippen molar-refractivity contribution in [1.82, 2.24) is 24.4 Å². The van der Waals surface area contributed by atoms with Crippen molar-refractivity contribution in [3.8, 4) is 17.1 Å². The molecule has 8 nitrogen and oxygen atoms in total. The van der Waals surface area contributed by atoms with Crippen LogP contribution in [0, 0.1) is 0 Å². The number of nitrogens with one attached hydrogen (secondary N) is 1. The van der Waals surface area contributed by atoms with Crippen LogP contribution in [0.15, 0.2) is 47.4 Å². The molecule has 32 heavy (non-hydrogen) atoms. The highest BCUT2D eigenvalue weighted by molar-refractivity contribution is 7.08. The van der Waals surface area contributed by atoms with Crippen molar-refractivity contribution in [2.45, 2.75) is 6.92 Å². The first-order valence-electron chi connectivity index (χ1n) is 10.6. The summed E-state index contributed by atoms with van der Waals surface area (Å²) in [5.41, 5.74) is 3.91. The lowest BCUT2D eigenvalue weighted by Gasteiger charge is -2.26. The maximum absolute atomic E-state index is 11.9. The molecule has 0 spiro atoms. The van der Waals surface area contributed by atoms with E-state index in [9.17, 15) is 4.79 Å². The van der Waals surface area contributed by atoms with Gasteiger partial charge >= 0.3 is 0 Å². The number of fused-ring (bicyclic) bond motifs is 1. The normalized spacial score (nSPS) is 14.7. The SMILES string of the molecule is CC(=O)c1cccc(-c2nc(NCCN3CCOCC3)c3ncn(-c4ccsc4)c3n2)c1. The van der Waals surface area contributed by atoms with Gasteiger partial charge in [0.05, 0.1) is 18.9 Å². The number of ketones is 1. The van der Waals surface area contributed by atoms with Crippen molar-refractivity contribution < 1.29 is 9.53 Å². The molecule has 1 aromatic carbocycles. The van der Waals surface area contributed by atoms with E-state index < -0.39 is 0 Å². The zero-order valence-corrected chi connectivity index (χ0v) is 18.6. The summed E-state index contributed by atoms with van der Waals surface area (Å²) in [4.78, 5) is 28.5. The van der Waals surface area contributed by atoms with Crippen molar-refractivity contribution in [3.63, 3.8) is 0 Å². The fourth-order valence-electron chi connectivity index (χ4n) is 3.77. The molecule has 1 fully saturated rings. The standard InChI is InChI=1S/C23H24N6O2S/c1-16(30)17-3-2-4-18(13-17)21-26-22(24-6-7-28-8-10-31-11-9-28)20-23(27-21)29(15-25-20)19-5-12-32-14-19/h2-5,12-15H,6-11H2,1H3,(H,24,26,27). The molecule has 0 unspecified atom stereocenters. The summed E-state index contributed by atoms with van der Waals surface area (Å²) < 4.78 is 7.40. The number of ether oxygens (including phenoxy) is 1. The summed E-state index contributed by atoms with van der Waals surface area (Å²) in [6.07, 6.45) is 1.78. The molecule has 1 aliphatic rings. The molecule has 0 bridgehead atoms. The molecule has 4 heterocycles. The number of imidazole rings is 1. The molecule has 9 heteroatoms. The highest BCUT2D eigenvalue weighted by atomic mass is 32.1. The smallest absolute Gasteiger partial charge is 0.170 e. The van der Waals surface area contributed by atoms with Gasteiger partial charge in [-0.15, -0.1) is 0 Å². The summed E-state index contributed by atoms with van der Waals surface area (Å²) in [6, 6.07) is 9.47. The maximum Gasteiger partial charge on any atom is 0.170 e. The van der Waals surface area contributed by atoms with E-state index in [0.29, 0.717) is 17.2 Å². The minimum absolute atomic E-state index is 0.0140. The summed E-state index contributed by atoms with van der Waals surface area (Å²) in [5.74, 6) is 1.27. The number of rotatable bonds is 7. The predicted octanol–water partition coefficient (Wildman–Crippen LogP) is 3.49. The highest BCUT2D eigenvalue weighted by Gasteiger charge is 2.17. The molecule has 4 aromatic rings. The average Bonchev–Trinajstić information content (AvgIpc) is 3.49. The Bertz CT molecular complexity index is 1230. The van der Waals surface area contributed by atoms with E-state index in [1.807, 2.05) is 40.3 Å². The molecule has 0 saturated carbocycles. The zero-order valence-electron chi connectivity index (χ0n) is 17.8. The van der Waals surface area contributed by atoms with Gasteiger partial charge in [-0.25, -0.2) is 15.0 Å². The first-order chi connectivity index (χ1) is 15.7. The Morgan fingerprint density at radius 1 is 1.22 bits per heavy atom. The third-order valence-corrected chi connectivity index (χ3v) is 6.20. The molecule has 0 aliphatic carbocycles. The average molecular weight is 449 g/mol. The van der Waals surface area contributed by atoms with Gasteiger partial charge in [-0.1, -0.05) is 18.2 Å². The first-order valence-corrected chi connectivity index (χ1v) is 11.6. The molecular formula is C23H24N6O2S. The second-order valence-corrected chi connectivity index (χ2v) is 8.46. The summed E-state index contributed by atoms with van der Waals surface area (Å²) in [5, 5.41) is 7.56. The Kier molecular flexibility index (Phi) is 5.93. The van der Waals surface area contributed by atoms with Gasteiger partial charge in [0.25, 0.3) is 0 Å². The number of Topliss-reactive ketones (excluding diaryl/α,β-unsaturated/α-hetero) is 1. The van der Waals surface area contributed by atoms with E-state index in [-0.39, 0.29) is 5.78 Å². The van der Waals surface area contributed by atoms with Gasteiger partial charge in [0, 0.05) is 42.7 Å². The van der Waals surface area contributed by atoms with Crippen LogP contribution in [-0.2, 0) is 4.74 Å². The van der Waals surface area contributed by atoms with Crippen LogP contribution in [0.1, 0.15) is 17.3 Å². The molecule has 5 rings (SSSR count). The van der Waals surface area contributed by atoms with Crippen molar-refractivity contribution >= 4 is 34.1 Å². The van der Waals surface area contributed by atoms with Gasteiger partial charge in [-0.3, -0.25) is 14.3 Å². The lowest BCUT2D eigenvalue weighted by atomic mass is 10.1. The number of carbonyl (C=O) groups is 1. The number of anilines is 1. The number of morpholine rings is 1. The lowest BCUT2D eigenvalue weighted by Crippen LogP contribution is -2.39. The molecular weight excluding hydrogens is 424 g/mol. The van der Waals surface area contributed by atoms with Crippen LogP contribution >= 0.6 is 11.3 Å². The Morgan fingerprint density at radius 3 is 2.88 bits per heavy atom. The van der Waals surface area contributed by atoms with E-state index in [1.165, 1.54) is 0 Å². The van der Waals surface area contributed by atoms with Crippen LogP contribution < -0.4 is 5.32 Å². The van der Waals surface area contributed by atoms with Crippen LogP contribution in [-0.4, -0.2) is 69.6 Å². The molecule has 0 atom stereocenters. The molecule has 1 saturated heterocycles.